The van der Waals surface area contributed by atoms with Crippen molar-refractivity contribution in [3.05, 3.63) is 23.7 Å². The quantitative estimate of drug-likeness (QED) is 0.741. The molecule has 0 aliphatic heterocycles. The smallest absolute Gasteiger partial charge is 0.177 e. The summed E-state index contributed by atoms with van der Waals surface area (Å²) in [6.45, 7) is 10.2. The number of fused-ring (bicyclic) bond motifs is 1. The highest BCUT2D eigenvalue weighted by molar-refractivity contribution is 5.74. The van der Waals surface area contributed by atoms with Gasteiger partial charge in [-0.3, -0.25) is 0 Å². The topological polar surface area (TPSA) is 65.6 Å². The molecule has 104 valence electrons. The molecule has 2 aromatic heterocycles. The van der Waals surface area contributed by atoms with Crippen LogP contribution in [0, 0.1) is 6.92 Å². The highest BCUT2D eigenvalue weighted by Gasteiger charge is 2.08. The van der Waals surface area contributed by atoms with Gasteiger partial charge in [-0.15, -0.1) is 0 Å². The highest BCUT2D eigenvalue weighted by Crippen LogP contribution is 2.13. The van der Waals surface area contributed by atoms with E-state index in [0.717, 1.165) is 30.1 Å². The Labute approximate surface area is 114 Å². The average molecular weight is 261 g/mol. The molecule has 2 rings (SSSR count). The molecule has 19 heavy (non-hydrogen) atoms. The summed E-state index contributed by atoms with van der Waals surface area (Å²) >= 11 is 0. The van der Waals surface area contributed by atoms with Crippen molar-refractivity contribution in [2.75, 3.05) is 6.54 Å². The first-order valence-electron chi connectivity index (χ1n) is 6.83. The lowest BCUT2D eigenvalue weighted by molar-refractivity contribution is 0.474. The fourth-order valence-electron chi connectivity index (χ4n) is 1.99. The summed E-state index contributed by atoms with van der Waals surface area (Å²) in [7, 11) is 0. The number of nitrogens with zero attached hydrogens (tertiary/aromatic N) is 2. The van der Waals surface area contributed by atoms with Crippen LogP contribution in [-0.4, -0.2) is 33.6 Å². The summed E-state index contributed by atoms with van der Waals surface area (Å²) in [6, 6.07) is 2.98. The molecule has 0 radical (unpaired) electrons. The number of hydrogen-bond acceptors (Lipinski definition) is 4. The van der Waals surface area contributed by atoms with Crippen LogP contribution in [0.15, 0.2) is 12.3 Å². The maximum absolute atomic E-state index is 4.35. The summed E-state index contributed by atoms with van der Waals surface area (Å²) in [5.74, 6) is 0.907. The second-order valence-corrected chi connectivity index (χ2v) is 5.34. The summed E-state index contributed by atoms with van der Waals surface area (Å²) in [5.41, 5.74) is 3.04. The molecule has 0 bridgehead atoms. The minimum absolute atomic E-state index is 0.426. The van der Waals surface area contributed by atoms with Crippen LogP contribution < -0.4 is 10.6 Å². The maximum Gasteiger partial charge on any atom is 0.177 e. The first kappa shape index (κ1) is 14.0. The van der Waals surface area contributed by atoms with Crippen LogP contribution in [0.1, 0.15) is 32.2 Å². The summed E-state index contributed by atoms with van der Waals surface area (Å²) in [6.07, 6.45) is 1.82. The van der Waals surface area contributed by atoms with Gasteiger partial charge in [0, 0.05) is 31.4 Å². The molecule has 2 heterocycles. The van der Waals surface area contributed by atoms with Crippen LogP contribution >= 0.6 is 0 Å². The van der Waals surface area contributed by atoms with Gasteiger partial charge in [-0.2, -0.15) is 0 Å². The van der Waals surface area contributed by atoms with E-state index in [0.29, 0.717) is 12.1 Å². The average Bonchev–Trinajstić information content (AvgIpc) is 2.74. The third-order valence-electron chi connectivity index (χ3n) is 3.07. The van der Waals surface area contributed by atoms with Crippen molar-refractivity contribution in [1.82, 2.24) is 25.6 Å². The van der Waals surface area contributed by atoms with E-state index in [1.807, 2.05) is 19.2 Å². The van der Waals surface area contributed by atoms with Crippen molar-refractivity contribution in [1.29, 1.82) is 0 Å². The fraction of sp³-hybridized carbons (Fsp3) is 0.571. The Kier molecular flexibility index (Phi) is 4.50. The number of rotatable bonds is 6. The maximum atomic E-state index is 4.35. The number of hydrogen-bond donors (Lipinski definition) is 3. The van der Waals surface area contributed by atoms with Gasteiger partial charge in [0.25, 0.3) is 0 Å². The number of aromatic nitrogens is 3. The van der Waals surface area contributed by atoms with Crippen molar-refractivity contribution in [2.45, 2.75) is 46.3 Å². The van der Waals surface area contributed by atoms with E-state index in [2.05, 4.69) is 46.4 Å². The van der Waals surface area contributed by atoms with Gasteiger partial charge in [-0.1, -0.05) is 13.8 Å². The Morgan fingerprint density at radius 3 is 2.79 bits per heavy atom. The molecular formula is C14H23N5. The normalized spacial score (nSPS) is 13.3. The van der Waals surface area contributed by atoms with Gasteiger partial charge in [0.2, 0.25) is 0 Å². The SMILES string of the molecule is Cc1nc2nccc(CNC(C)CNC(C)C)c2[nH]1. The number of aromatic amines is 1. The first-order valence-corrected chi connectivity index (χ1v) is 6.83. The number of aryl methyl sites for hydroxylation is 1. The molecular weight excluding hydrogens is 238 g/mol. The predicted molar refractivity (Wildman–Crippen MR) is 78.1 cm³/mol. The van der Waals surface area contributed by atoms with Crippen LogP contribution in [0.3, 0.4) is 0 Å². The zero-order chi connectivity index (χ0) is 13.8. The minimum atomic E-state index is 0.426. The molecule has 1 unspecified atom stereocenters. The molecule has 0 saturated carbocycles. The Balaban J connectivity index is 1.97. The minimum Gasteiger partial charge on any atom is -0.341 e. The lowest BCUT2D eigenvalue weighted by Crippen LogP contribution is -2.38. The van der Waals surface area contributed by atoms with Crippen molar-refractivity contribution in [2.24, 2.45) is 0 Å². The summed E-state index contributed by atoms with van der Waals surface area (Å²) in [4.78, 5) is 11.9. The zero-order valence-corrected chi connectivity index (χ0v) is 12.1. The van der Waals surface area contributed by atoms with Gasteiger partial charge in [-0.25, -0.2) is 9.97 Å². The summed E-state index contributed by atoms with van der Waals surface area (Å²) in [5, 5.41) is 6.95. The van der Waals surface area contributed by atoms with Crippen molar-refractivity contribution in [3.8, 4) is 0 Å². The van der Waals surface area contributed by atoms with E-state index < -0.39 is 0 Å². The fourth-order valence-corrected chi connectivity index (χ4v) is 1.99. The molecule has 2 aromatic rings. The van der Waals surface area contributed by atoms with Gasteiger partial charge >= 0.3 is 0 Å². The number of imidazole rings is 1. The highest BCUT2D eigenvalue weighted by atomic mass is 15.0. The molecule has 1 atom stereocenters. The standard InChI is InChI=1S/C14H23N5/c1-9(2)16-7-10(3)17-8-12-5-6-15-14-13(12)18-11(4)19-14/h5-6,9-10,16-17H,7-8H2,1-4H3,(H,15,18,19). The Morgan fingerprint density at radius 1 is 1.26 bits per heavy atom. The van der Waals surface area contributed by atoms with E-state index in [1.54, 1.807) is 0 Å². The van der Waals surface area contributed by atoms with Gasteiger partial charge in [0.15, 0.2) is 5.65 Å². The number of nitrogens with one attached hydrogen (secondary N) is 3. The molecule has 0 fully saturated rings. The van der Waals surface area contributed by atoms with E-state index >= 15 is 0 Å². The molecule has 0 saturated heterocycles. The predicted octanol–water partition coefficient (Wildman–Crippen LogP) is 1.74. The van der Waals surface area contributed by atoms with Crippen LogP contribution in [0.4, 0.5) is 0 Å². The van der Waals surface area contributed by atoms with Crippen LogP contribution in [0.25, 0.3) is 11.2 Å². The van der Waals surface area contributed by atoms with Crippen molar-refractivity contribution in [3.63, 3.8) is 0 Å². The molecule has 0 spiro atoms. The molecule has 0 aliphatic carbocycles. The van der Waals surface area contributed by atoms with Crippen LogP contribution in [0.5, 0.6) is 0 Å². The van der Waals surface area contributed by atoms with Crippen LogP contribution in [-0.2, 0) is 6.54 Å². The van der Waals surface area contributed by atoms with Crippen molar-refractivity contribution < 1.29 is 0 Å². The molecule has 5 nitrogen and oxygen atoms in total. The monoisotopic (exact) mass is 261 g/mol. The third-order valence-corrected chi connectivity index (χ3v) is 3.07. The lowest BCUT2D eigenvalue weighted by Gasteiger charge is -2.16. The Morgan fingerprint density at radius 2 is 2.05 bits per heavy atom. The largest absolute Gasteiger partial charge is 0.341 e. The number of pyridine rings is 1. The van der Waals surface area contributed by atoms with E-state index in [9.17, 15) is 0 Å². The molecule has 5 heteroatoms. The van der Waals surface area contributed by atoms with Gasteiger partial charge < -0.3 is 15.6 Å². The van der Waals surface area contributed by atoms with Gasteiger partial charge in [-0.05, 0) is 25.5 Å². The Hall–Kier alpha value is -1.46. The van der Waals surface area contributed by atoms with Crippen LogP contribution in [0.2, 0.25) is 0 Å². The molecule has 0 aliphatic rings. The first-order chi connectivity index (χ1) is 9.06. The number of H-pyrrole nitrogens is 1. The zero-order valence-electron chi connectivity index (χ0n) is 12.1. The second-order valence-electron chi connectivity index (χ2n) is 5.34. The van der Waals surface area contributed by atoms with Gasteiger partial charge in [0.05, 0.1) is 5.52 Å². The Bertz CT molecular complexity index is 532. The van der Waals surface area contributed by atoms with E-state index in [1.165, 1.54) is 5.56 Å². The molecule has 3 N–H and O–H groups in total. The summed E-state index contributed by atoms with van der Waals surface area (Å²) < 4.78 is 0. The van der Waals surface area contributed by atoms with E-state index in [4.69, 9.17) is 0 Å². The van der Waals surface area contributed by atoms with Crippen molar-refractivity contribution >= 4 is 11.2 Å². The lowest BCUT2D eigenvalue weighted by atomic mass is 10.2. The molecule has 0 aromatic carbocycles. The van der Waals surface area contributed by atoms with E-state index in [-0.39, 0.29) is 0 Å². The molecule has 0 amide bonds. The van der Waals surface area contributed by atoms with Gasteiger partial charge in [0.1, 0.15) is 5.82 Å². The second kappa shape index (κ2) is 6.12. The third kappa shape index (κ3) is 3.75.